The van der Waals surface area contributed by atoms with Gasteiger partial charge in [-0.05, 0) is 36.5 Å². The molecule has 0 aromatic heterocycles. The molecular formula is C16H26ClNO3. The molecule has 3 N–H and O–H groups in total. The fourth-order valence-corrected chi connectivity index (χ4v) is 3.03. The van der Waals surface area contributed by atoms with Gasteiger partial charge in [-0.2, -0.15) is 0 Å². The summed E-state index contributed by atoms with van der Waals surface area (Å²) in [5.41, 5.74) is 7.13. The largest absolute Gasteiger partial charge is 0.493 e. The standard InChI is InChI=1S/C16H25NO3.ClH/c1-19-13-9-8-12(10-14(13)20-2)15(17)16(18)11-6-4-3-5-7-11;/h8-11,15-16,18H,3-7,17H2,1-2H3;1H/t15-,16+;/m1./s1. The van der Waals surface area contributed by atoms with Crippen molar-refractivity contribution in [2.24, 2.45) is 11.7 Å². The summed E-state index contributed by atoms with van der Waals surface area (Å²) in [6, 6.07) is 5.22. The lowest BCUT2D eigenvalue weighted by atomic mass is 9.81. The van der Waals surface area contributed by atoms with E-state index in [0.29, 0.717) is 17.4 Å². The molecule has 1 aromatic rings. The van der Waals surface area contributed by atoms with Crippen LogP contribution in [-0.4, -0.2) is 25.4 Å². The Morgan fingerprint density at radius 3 is 2.29 bits per heavy atom. The molecule has 0 heterocycles. The molecule has 2 rings (SSSR count). The van der Waals surface area contributed by atoms with Crippen LogP contribution in [0, 0.1) is 5.92 Å². The summed E-state index contributed by atoms with van der Waals surface area (Å²) in [6.45, 7) is 0. The van der Waals surface area contributed by atoms with Crippen molar-refractivity contribution in [2.75, 3.05) is 14.2 Å². The summed E-state index contributed by atoms with van der Waals surface area (Å²) in [7, 11) is 3.21. The van der Waals surface area contributed by atoms with Crippen LogP contribution in [-0.2, 0) is 0 Å². The van der Waals surface area contributed by atoms with Crippen LogP contribution >= 0.6 is 12.4 Å². The van der Waals surface area contributed by atoms with E-state index in [-0.39, 0.29) is 18.4 Å². The van der Waals surface area contributed by atoms with Gasteiger partial charge in [-0.25, -0.2) is 0 Å². The fourth-order valence-electron chi connectivity index (χ4n) is 3.03. The van der Waals surface area contributed by atoms with Gasteiger partial charge in [0.25, 0.3) is 0 Å². The average molecular weight is 316 g/mol. The minimum atomic E-state index is -0.492. The van der Waals surface area contributed by atoms with Gasteiger partial charge >= 0.3 is 0 Å². The topological polar surface area (TPSA) is 64.7 Å². The molecule has 1 fully saturated rings. The molecule has 1 aliphatic rings. The maximum absolute atomic E-state index is 10.5. The van der Waals surface area contributed by atoms with Gasteiger partial charge in [0.05, 0.1) is 26.4 Å². The number of aliphatic hydroxyl groups excluding tert-OH is 1. The monoisotopic (exact) mass is 315 g/mol. The van der Waals surface area contributed by atoms with E-state index in [1.165, 1.54) is 19.3 Å². The maximum atomic E-state index is 10.5. The zero-order valence-electron chi connectivity index (χ0n) is 12.7. The minimum absolute atomic E-state index is 0. The van der Waals surface area contributed by atoms with Crippen LogP contribution in [0.15, 0.2) is 18.2 Å². The summed E-state index contributed by atoms with van der Waals surface area (Å²) in [5.74, 6) is 1.64. The van der Waals surface area contributed by atoms with E-state index in [0.717, 1.165) is 18.4 Å². The van der Waals surface area contributed by atoms with E-state index in [9.17, 15) is 5.11 Å². The van der Waals surface area contributed by atoms with Gasteiger partial charge in [-0.1, -0.05) is 25.3 Å². The van der Waals surface area contributed by atoms with Gasteiger partial charge in [0.1, 0.15) is 0 Å². The van der Waals surface area contributed by atoms with Crippen LogP contribution < -0.4 is 15.2 Å². The number of methoxy groups -OCH3 is 2. The van der Waals surface area contributed by atoms with Crippen molar-refractivity contribution < 1.29 is 14.6 Å². The van der Waals surface area contributed by atoms with Crippen molar-refractivity contribution >= 4 is 12.4 Å². The molecule has 5 heteroatoms. The van der Waals surface area contributed by atoms with Gasteiger partial charge < -0.3 is 20.3 Å². The molecule has 1 saturated carbocycles. The molecule has 0 aliphatic heterocycles. The van der Waals surface area contributed by atoms with Gasteiger partial charge in [-0.3, -0.25) is 0 Å². The van der Waals surface area contributed by atoms with E-state index in [2.05, 4.69) is 0 Å². The van der Waals surface area contributed by atoms with Gasteiger partial charge in [-0.15, -0.1) is 12.4 Å². The Morgan fingerprint density at radius 2 is 1.71 bits per heavy atom. The highest BCUT2D eigenvalue weighted by Gasteiger charge is 2.28. The first-order valence-corrected chi connectivity index (χ1v) is 7.33. The Hall–Kier alpha value is -0.970. The molecule has 1 aliphatic carbocycles. The van der Waals surface area contributed by atoms with Crippen molar-refractivity contribution in [3.63, 3.8) is 0 Å². The number of hydrogen-bond acceptors (Lipinski definition) is 4. The third-order valence-electron chi connectivity index (χ3n) is 4.29. The molecule has 2 atom stereocenters. The first-order chi connectivity index (χ1) is 9.67. The summed E-state index contributed by atoms with van der Waals surface area (Å²) >= 11 is 0. The zero-order valence-corrected chi connectivity index (χ0v) is 13.6. The van der Waals surface area contributed by atoms with Crippen molar-refractivity contribution in [3.8, 4) is 11.5 Å². The zero-order chi connectivity index (χ0) is 14.5. The van der Waals surface area contributed by atoms with Crippen LogP contribution in [0.5, 0.6) is 11.5 Å². The fraction of sp³-hybridized carbons (Fsp3) is 0.625. The average Bonchev–Trinajstić information content (AvgIpc) is 2.53. The Kier molecular flexibility index (Phi) is 7.29. The molecule has 1 aromatic carbocycles. The summed E-state index contributed by atoms with van der Waals surface area (Å²) < 4.78 is 10.5. The Balaban J connectivity index is 0.00000220. The molecule has 0 radical (unpaired) electrons. The Labute approximate surface area is 133 Å². The van der Waals surface area contributed by atoms with Crippen molar-refractivity contribution in [1.82, 2.24) is 0 Å². The molecule has 0 amide bonds. The van der Waals surface area contributed by atoms with Crippen molar-refractivity contribution in [2.45, 2.75) is 44.2 Å². The molecular weight excluding hydrogens is 290 g/mol. The third kappa shape index (κ3) is 4.25. The predicted octanol–water partition coefficient (Wildman–Crippen LogP) is 3.07. The molecule has 0 bridgehead atoms. The second kappa shape index (κ2) is 8.47. The molecule has 21 heavy (non-hydrogen) atoms. The lowest BCUT2D eigenvalue weighted by molar-refractivity contribution is 0.0617. The highest BCUT2D eigenvalue weighted by Crippen LogP contribution is 2.34. The minimum Gasteiger partial charge on any atom is -0.493 e. The van der Waals surface area contributed by atoms with E-state index >= 15 is 0 Å². The van der Waals surface area contributed by atoms with E-state index in [4.69, 9.17) is 15.2 Å². The summed E-state index contributed by atoms with van der Waals surface area (Å²) in [6.07, 6.45) is 5.31. The molecule has 0 saturated heterocycles. The van der Waals surface area contributed by atoms with Crippen LogP contribution in [0.4, 0.5) is 0 Å². The Morgan fingerprint density at radius 1 is 1.10 bits per heavy atom. The second-order valence-corrected chi connectivity index (χ2v) is 5.53. The van der Waals surface area contributed by atoms with Gasteiger partial charge in [0.2, 0.25) is 0 Å². The molecule has 0 spiro atoms. The first kappa shape index (κ1) is 18.1. The van der Waals surface area contributed by atoms with Crippen LogP contribution in [0.3, 0.4) is 0 Å². The summed E-state index contributed by atoms with van der Waals surface area (Å²) in [4.78, 5) is 0. The Bertz CT molecular complexity index is 436. The molecule has 120 valence electrons. The predicted molar refractivity (Wildman–Crippen MR) is 86.3 cm³/mol. The SMILES string of the molecule is COc1ccc([C@@H](N)[C@@H](O)C2CCCCC2)cc1OC.Cl. The number of ether oxygens (including phenoxy) is 2. The number of nitrogens with two attached hydrogens (primary N) is 1. The summed E-state index contributed by atoms with van der Waals surface area (Å²) in [5, 5.41) is 10.5. The van der Waals surface area contributed by atoms with E-state index < -0.39 is 6.10 Å². The number of benzene rings is 1. The smallest absolute Gasteiger partial charge is 0.161 e. The van der Waals surface area contributed by atoms with Crippen molar-refractivity contribution in [3.05, 3.63) is 23.8 Å². The highest BCUT2D eigenvalue weighted by molar-refractivity contribution is 5.85. The number of rotatable bonds is 5. The quantitative estimate of drug-likeness (QED) is 0.876. The van der Waals surface area contributed by atoms with Crippen LogP contribution in [0.25, 0.3) is 0 Å². The number of aliphatic hydroxyl groups is 1. The van der Waals surface area contributed by atoms with Crippen molar-refractivity contribution in [1.29, 1.82) is 0 Å². The highest BCUT2D eigenvalue weighted by atomic mass is 35.5. The lowest BCUT2D eigenvalue weighted by Crippen LogP contribution is -2.34. The number of halogens is 1. The third-order valence-corrected chi connectivity index (χ3v) is 4.29. The van der Waals surface area contributed by atoms with Gasteiger partial charge in [0.15, 0.2) is 11.5 Å². The normalized spacial score (nSPS) is 18.5. The first-order valence-electron chi connectivity index (χ1n) is 7.33. The molecule has 4 nitrogen and oxygen atoms in total. The molecule has 0 unspecified atom stereocenters. The van der Waals surface area contributed by atoms with Gasteiger partial charge in [0, 0.05) is 0 Å². The number of hydrogen-bond donors (Lipinski definition) is 2. The van der Waals surface area contributed by atoms with E-state index in [1.807, 2.05) is 18.2 Å². The van der Waals surface area contributed by atoms with Crippen LogP contribution in [0.1, 0.15) is 43.7 Å². The maximum Gasteiger partial charge on any atom is 0.161 e. The lowest BCUT2D eigenvalue weighted by Gasteiger charge is -2.30. The second-order valence-electron chi connectivity index (χ2n) is 5.53. The van der Waals surface area contributed by atoms with E-state index in [1.54, 1.807) is 14.2 Å². The van der Waals surface area contributed by atoms with Crippen LogP contribution in [0.2, 0.25) is 0 Å².